The van der Waals surface area contributed by atoms with Crippen LogP contribution in [0.4, 0.5) is 11.5 Å². The van der Waals surface area contributed by atoms with Crippen LogP contribution in [0.3, 0.4) is 0 Å². The maximum absolute atomic E-state index is 13.1. The van der Waals surface area contributed by atoms with Gasteiger partial charge in [0, 0.05) is 41.5 Å². The maximum atomic E-state index is 13.1. The van der Waals surface area contributed by atoms with E-state index in [2.05, 4.69) is 92.1 Å². The third-order valence-electron chi connectivity index (χ3n) is 7.64. The number of methoxy groups -OCH3 is 1. The van der Waals surface area contributed by atoms with Crippen LogP contribution in [0.5, 0.6) is 5.75 Å². The molecule has 0 aliphatic carbocycles. The van der Waals surface area contributed by atoms with Crippen molar-refractivity contribution < 1.29 is 9.53 Å². The number of nitrogens with one attached hydrogen (secondary N) is 3. The van der Waals surface area contributed by atoms with Crippen molar-refractivity contribution in [3.63, 3.8) is 0 Å². The molecule has 2 aromatic heterocycles. The zero-order valence-corrected chi connectivity index (χ0v) is 22.9. The minimum Gasteiger partial charge on any atom is -0.495 e. The lowest BCUT2D eigenvalue weighted by molar-refractivity contribution is 0.102. The van der Waals surface area contributed by atoms with E-state index in [1.54, 1.807) is 13.2 Å². The van der Waals surface area contributed by atoms with Crippen LogP contribution in [0.15, 0.2) is 85.1 Å². The van der Waals surface area contributed by atoms with Gasteiger partial charge in [-0.25, -0.2) is 0 Å². The highest BCUT2D eigenvalue weighted by Gasteiger charge is 2.19. The lowest BCUT2D eigenvalue weighted by Gasteiger charge is -2.30. The van der Waals surface area contributed by atoms with Gasteiger partial charge in [0.15, 0.2) is 5.82 Å². The normalized spacial score (nSPS) is 14.3. The van der Waals surface area contributed by atoms with Crippen LogP contribution in [0.25, 0.3) is 22.2 Å². The number of H-pyrrole nitrogens is 1. The minimum absolute atomic E-state index is 0.241. The highest BCUT2D eigenvalue weighted by atomic mass is 16.5. The summed E-state index contributed by atoms with van der Waals surface area (Å²) in [6, 6.07) is 26.6. The fourth-order valence-electron chi connectivity index (χ4n) is 5.32. The predicted molar refractivity (Wildman–Crippen MR) is 160 cm³/mol. The standard InChI is InChI=1S/C32H34N6O2/c1-37-15-13-26(14-16-37)33-27-11-10-25(19-30(27)40-2)32(39)34-31-20-28(35-36-31)24-9-8-23-12-17-38(29(23)18-24)21-22-6-4-3-5-7-22/h3-12,17-20,26,33H,13-16,21H2,1-2H3,(H2,34,35,36,39). The van der Waals surface area contributed by atoms with Gasteiger partial charge >= 0.3 is 0 Å². The van der Waals surface area contributed by atoms with E-state index in [1.807, 2.05) is 24.3 Å². The van der Waals surface area contributed by atoms with E-state index in [9.17, 15) is 4.79 Å². The number of carbonyl (C=O) groups is 1. The van der Waals surface area contributed by atoms with Crippen LogP contribution in [0, 0.1) is 0 Å². The van der Waals surface area contributed by atoms with Crippen LogP contribution >= 0.6 is 0 Å². The SMILES string of the molecule is COc1cc(C(=O)Nc2cc(-c3ccc4ccn(Cc5ccccc5)c4c3)[nH]n2)ccc1NC1CCN(C)CC1. The summed E-state index contributed by atoms with van der Waals surface area (Å²) in [6.45, 7) is 2.94. The molecule has 3 aromatic carbocycles. The van der Waals surface area contributed by atoms with Gasteiger partial charge in [-0.1, -0.05) is 42.5 Å². The van der Waals surface area contributed by atoms with Crippen molar-refractivity contribution in [1.29, 1.82) is 0 Å². The zero-order chi connectivity index (χ0) is 27.5. The van der Waals surface area contributed by atoms with Crippen molar-refractivity contribution in [2.75, 3.05) is 37.9 Å². The molecule has 0 spiro atoms. The number of carbonyl (C=O) groups excluding carboxylic acids is 1. The van der Waals surface area contributed by atoms with Gasteiger partial charge in [0.2, 0.25) is 0 Å². The smallest absolute Gasteiger partial charge is 0.257 e. The molecule has 8 nitrogen and oxygen atoms in total. The average molecular weight is 535 g/mol. The second-order valence-corrected chi connectivity index (χ2v) is 10.5. The van der Waals surface area contributed by atoms with Crippen LogP contribution in [-0.2, 0) is 6.54 Å². The number of aromatic amines is 1. The van der Waals surface area contributed by atoms with Gasteiger partial charge in [-0.15, -0.1) is 0 Å². The van der Waals surface area contributed by atoms with Crippen LogP contribution < -0.4 is 15.4 Å². The number of amides is 1. The molecule has 1 aliphatic heterocycles. The second kappa shape index (κ2) is 11.3. The molecular formula is C32H34N6O2. The fraction of sp³-hybridized carbons (Fsp3) is 0.250. The summed E-state index contributed by atoms with van der Waals surface area (Å²) in [4.78, 5) is 15.4. The van der Waals surface area contributed by atoms with E-state index < -0.39 is 0 Å². The molecule has 3 heterocycles. The van der Waals surface area contributed by atoms with E-state index >= 15 is 0 Å². The quantitative estimate of drug-likeness (QED) is 0.233. The first-order chi connectivity index (χ1) is 19.6. The molecule has 8 heteroatoms. The first-order valence-electron chi connectivity index (χ1n) is 13.7. The summed E-state index contributed by atoms with van der Waals surface area (Å²) in [6.07, 6.45) is 4.27. The van der Waals surface area contributed by atoms with Crippen molar-refractivity contribution >= 4 is 28.3 Å². The van der Waals surface area contributed by atoms with Crippen molar-refractivity contribution in [3.05, 3.63) is 96.2 Å². The van der Waals surface area contributed by atoms with Crippen LogP contribution in [0.1, 0.15) is 28.8 Å². The van der Waals surface area contributed by atoms with Gasteiger partial charge in [-0.2, -0.15) is 5.10 Å². The lowest BCUT2D eigenvalue weighted by atomic mass is 10.0. The third-order valence-corrected chi connectivity index (χ3v) is 7.64. The lowest BCUT2D eigenvalue weighted by Crippen LogP contribution is -2.36. The molecule has 5 aromatic rings. The highest BCUT2D eigenvalue weighted by Crippen LogP contribution is 2.29. The van der Waals surface area contributed by atoms with E-state index in [4.69, 9.17) is 4.74 Å². The van der Waals surface area contributed by atoms with E-state index in [0.29, 0.717) is 23.2 Å². The Balaban J connectivity index is 1.15. The van der Waals surface area contributed by atoms with Crippen LogP contribution in [0.2, 0.25) is 0 Å². The van der Waals surface area contributed by atoms with Crippen molar-refractivity contribution in [1.82, 2.24) is 19.7 Å². The van der Waals surface area contributed by atoms with E-state index in [1.165, 1.54) is 10.9 Å². The number of hydrogen-bond donors (Lipinski definition) is 3. The number of anilines is 2. The molecule has 6 rings (SSSR count). The maximum Gasteiger partial charge on any atom is 0.257 e. The molecule has 0 atom stereocenters. The number of fused-ring (bicyclic) bond motifs is 1. The third kappa shape index (κ3) is 5.58. The molecule has 204 valence electrons. The Hall–Kier alpha value is -4.56. The summed E-state index contributed by atoms with van der Waals surface area (Å²) in [5.74, 6) is 0.878. The Labute approximate surface area is 234 Å². The summed E-state index contributed by atoms with van der Waals surface area (Å²) >= 11 is 0. The summed E-state index contributed by atoms with van der Waals surface area (Å²) in [5, 5.41) is 15.1. The Bertz CT molecular complexity index is 1620. The van der Waals surface area contributed by atoms with Crippen molar-refractivity contribution in [2.24, 2.45) is 0 Å². The molecule has 1 aliphatic rings. The number of benzene rings is 3. The number of hydrogen-bond acceptors (Lipinski definition) is 5. The second-order valence-electron chi connectivity index (χ2n) is 10.5. The van der Waals surface area contributed by atoms with E-state index in [-0.39, 0.29) is 5.91 Å². The number of nitrogens with zero attached hydrogens (tertiary/aromatic N) is 3. The van der Waals surface area contributed by atoms with Gasteiger partial charge < -0.3 is 24.8 Å². The summed E-state index contributed by atoms with van der Waals surface area (Å²) < 4.78 is 7.85. The number of rotatable bonds is 8. The van der Waals surface area contributed by atoms with Crippen molar-refractivity contribution in [2.45, 2.75) is 25.4 Å². The number of aromatic nitrogens is 3. The van der Waals surface area contributed by atoms with Crippen LogP contribution in [-0.4, -0.2) is 58.9 Å². The van der Waals surface area contributed by atoms with Gasteiger partial charge in [0.1, 0.15) is 5.75 Å². The Kier molecular flexibility index (Phi) is 7.25. The molecule has 0 unspecified atom stereocenters. The van der Waals surface area contributed by atoms with Gasteiger partial charge in [-0.3, -0.25) is 9.89 Å². The summed E-state index contributed by atoms with van der Waals surface area (Å²) in [5.41, 5.74) is 5.64. The highest BCUT2D eigenvalue weighted by molar-refractivity contribution is 6.04. The topological polar surface area (TPSA) is 87.2 Å². The minimum atomic E-state index is -0.241. The molecule has 0 radical (unpaired) electrons. The molecular weight excluding hydrogens is 500 g/mol. The average Bonchev–Trinajstić information content (AvgIpc) is 3.62. The first kappa shape index (κ1) is 25.7. The molecule has 1 saturated heterocycles. The largest absolute Gasteiger partial charge is 0.495 e. The number of ether oxygens (including phenoxy) is 1. The zero-order valence-electron chi connectivity index (χ0n) is 22.9. The Morgan fingerprint density at radius 3 is 2.65 bits per heavy atom. The predicted octanol–water partition coefficient (Wildman–Crippen LogP) is 5.85. The Morgan fingerprint density at radius 2 is 1.85 bits per heavy atom. The summed E-state index contributed by atoms with van der Waals surface area (Å²) in [7, 11) is 3.78. The Morgan fingerprint density at radius 1 is 1.02 bits per heavy atom. The van der Waals surface area contributed by atoms with E-state index in [0.717, 1.165) is 54.9 Å². The molecule has 0 bridgehead atoms. The fourth-order valence-corrected chi connectivity index (χ4v) is 5.32. The molecule has 3 N–H and O–H groups in total. The molecule has 1 amide bonds. The number of likely N-dealkylation sites (tertiary alicyclic amines) is 1. The van der Waals surface area contributed by atoms with Gasteiger partial charge in [0.05, 0.1) is 18.5 Å². The monoisotopic (exact) mass is 534 g/mol. The van der Waals surface area contributed by atoms with Gasteiger partial charge in [0.25, 0.3) is 5.91 Å². The van der Waals surface area contributed by atoms with Gasteiger partial charge in [-0.05, 0) is 74.3 Å². The first-order valence-corrected chi connectivity index (χ1v) is 13.7. The molecule has 0 saturated carbocycles. The van der Waals surface area contributed by atoms with Crippen molar-refractivity contribution in [3.8, 4) is 17.0 Å². The molecule has 1 fully saturated rings. The molecule has 40 heavy (non-hydrogen) atoms. The number of piperidine rings is 1.